The normalized spacial score (nSPS) is 11.0. The summed E-state index contributed by atoms with van der Waals surface area (Å²) < 4.78 is 39.0. The van der Waals surface area contributed by atoms with Crippen molar-refractivity contribution in [2.45, 2.75) is 13.1 Å². The van der Waals surface area contributed by atoms with Crippen molar-refractivity contribution in [3.05, 3.63) is 59.7 Å². The SMILES string of the molecule is CCN(c1ccccc1)c1ccc(C#N)c(C(F)(F)F)c1. The van der Waals surface area contributed by atoms with Crippen LogP contribution >= 0.6 is 0 Å². The number of para-hydroxylation sites is 1. The van der Waals surface area contributed by atoms with Gasteiger partial charge in [-0.05, 0) is 37.3 Å². The van der Waals surface area contributed by atoms with Crippen molar-refractivity contribution >= 4 is 11.4 Å². The highest BCUT2D eigenvalue weighted by atomic mass is 19.4. The molecule has 0 aliphatic heterocycles. The lowest BCUT2D eigenvalue weighted by atomic mass is 10.1. The molecule has 0 unspecified atom stereocenters. The Morgan fingerprint density at radius 1 is 1.05 bits per heavy atom. The predicted molar refractivity (Wildman–Crippen MR) is 75.3 cm³/mol. The zero-order valence-corrected chi connectivity index (χ0v) is 11.4. The molecule has 108 valence electrons. The Balaban J connectivity index is 2.52. The monoisotopic (exact) mass is 290 g/mol. The molecule has 0 radical (unpaired) electrons. The van der Waals surface area contributed by atoms with E-state index >= 15 is 0 Å². The first-order valence-electron chi connectivity index (χ1n) is 6.41. The molecule has 2 nitrogen and oxygen atoms in total. The Morgan fingerprint density at radius 2 is 1.71 bits per heavy atom. The number of nitrogens with zero attached hydrogens (tertiary/aromatic N) is 2. The van der Waals surface area contributed by atoms with Crippen LogP contribution in [-0.2, 0) is 6.18 Å². The Labute approximate surface area is 121 Å². The molecule has 0 aromatic heterocycles. The largest absolute Gasteiger partial charge is 0.417 e. The number of halogens is 3. The van der Waals surface area contributed by atoms with Crippen LogP contribution in [0, 0.1) is 11.3 Å². The lowest BCUT2D eigenvalue weighted by Crippen LogP contribution is -2.17. The van der Waals surface area contributed by atoms with Gasteiger partial charge in [0.15, 0.2) is 0 Å². The fourth-order valence-corrected chi connectivity index (χ4v) is 2.15. The van der Waals surface area contributed by atoms with Gasteiger partial charge in [0.05, 0.1) is 17.2 Å². The van der Waals surface area contributed by atoms with Crippen molar-refractivity contribution in [3.63, 3.8) is 0 Å². The first-order valence-corrected chi connectivity index (χ1v) is 6.41. The maximum atomic E-state index is 13.0. The van der Waals surface area contributed by atoms with E-state index in [1.165, 1.54) is 12.1 Å². The minimum absolute atomic E-state index is 0.365. The number of nitriles is 1. The number of hydrogen-bond donors (Lipinski definition) is 0. The topological polar surface area (TPSA) is 27.0 Å². The second kappa shape index (κ2) is 5.88. The molecule has 0 atom stereocenters. The number of alkyl halides is 3. The molecule has 0 aliphatic carbocycles. The van der Waals surface area contributed by atoms with Gasteiger partial charge in [0, 0.05) is 17.9 Å². The van der Waals surface area contributed by atoms with Crippen LogP contribution < -0.4 is 4.90 Å². The summed E-state index contributed by atoms with van der Waals surface area (Å²) in [6.45, 7) is 2.38. The van der Waals surface area contributed by atoms with Crippen molar-refractivity contribution in [2.24, 2.45) is 0 Å². The molecule has 0 heterocycles. The number of rotatable bonds is 3. The smallest absolute Gasteiger partial charge is 0.342 e. The molecule has 2 aromatic carbocycles. The first-order chi connectivity index (χ1) is 9.97. The third-order valence-electron chi connectivity index (χ3n) is 3.12. The van der Waals surface area contributed by atoms with Gasteiger partial charge >= 0.3 is 6.18 Å². The Kier molecular flexibility index (Phi) is 4.18. The van der Waals surface area contributed by atoms with Crippen LogP contribution in [0.5, 0.6) is 0 Å². The number of benzene rings is 2. The van der Waals surface area contributed by atoms with E-state index < -0.39 is 11.7 Å². The van der Waals surface area contributed by atoms with Crippen LogP contribution in [0.25, 0.3) is 0 Å². The Morgan fingerprint density at radius 3 is 2.24 bits per heavy atom. The van der Waals surface area contributed by atoms with E-state index in [4.69, 9.17) is 5.26 Å². The summed E-state index contributed by atoms with van der Waals surface area (Å²) in [5, 5.41) is 8.82. The third-order valence-corrected chi connectivity index (χ3v) is 3.12. The second-order valence-electron chi connectivity index (χ2n) is 4.42. The summed E-state index contributed by atoms with van der Waals surface area (Å²) in [6, 6.07) is 14.5. The van der Waals surface area contributed by atoms with Gasteiger partial charge in [-0.25, -0.2) is 0 Å². The van der Waals surface area contributed by atoms with E-state index in [2.05, 4.69) is 0 Å². The molecule has 5 heteroatoms. The highest BCUT2D eigenvalue weighted by molar-refractivity contribution is 5.65. The quantitative estimate of drug-likeness (QED) is 0.816. The highest BCUT2D eigenvalue weighted by Crippen LogP contribution is 2.35. The van der Waals surface area contributed by atoms with E-state index in [9.17, 15) is 13.2 Å². The zero-order valence-electron chi connectivity index (χ0n) is 11.4. The molecular weight excluding hydrogens is 277 g/mol. The Hall–Kier alpha value is -2.48. The first kappa shape index (κ1) is 14.9. The minimum Gasteiger partial charge on any atom is -0.342 e. The van der Waals surface area contributed by atoms with Crippen molar-refractivity contribution in [1.82, 2.24) is 0 Å². The van der Waals surface area contributed by atoms with Gasteiger partial charge < -0.3 is 4.90 Å². The number of anilines is 2. The van der Waals surface area contributed by atoms with E-state index in [1.54, 1.807) is 11.0 Å². The summed E-state index contributed by atoms with van der Waals surface area (Å²) in [4.78, 5) is 1.76. The van der Waals surface area contributed by atoms with Crippen LogP contribution in [0.3, 0.4) is 0 Å². The molecule has 0 bridgehead atoms. The molecule has 0 saturated heterocycles. The molecule has 21 heavy (non-hydrogen) atoms. The lowest BCUT2D eigenvalue weighted by Gasteiger charge is -2.24. The third kappa shape index (κ3) is 3.16. The molecule has 0 spiro atoms. The van der Waals surface area contributed by atoms with Gasteiger partial charge in [-0.15, -0.1) is 0 Å². The van der Waals surface area contributed by atoms with E-state index in [1.807, 2.05) is 37.3 Å². The lowest BCUT2D eigenvalue weighted by molar-refractivity contribution is -0.137. The van der Waals surface area contributed by atoms with Gasteiger partial charge in [-0.1, -0.05) is 18.2 Å². The number of hydrogen-bond acceptors (Lipinski definition) is 2. The summed E-state index contributed by atoms with van der Waals surface area (Å²) in [5.41, 5.74) is -0.0555. The van der Waals surface area contributed by atoms with Crippen LogP contribution in [-0.4, -0.2) is 6.54 Å². The van der Waals surface area contributed by atoms with Crippen molar-refractivity contribution in [2.75, 3.05) is 11.4 Å². The van der Waals surface area contributed by atoms with Gasteiger partial charge in [0.25, 0.3) is 0 Å². The fourth-order valence-electron chi connectivity index (χ4n) is 2.15. The molecule has 2 aromatic rings. The molecule has 0 fully saturated rings. The van der Waals surface area contributed by atoms with Gasteiger partial charge in [-0.3, -0.25) is 0 Å². The maximum absolute atomic E-state index is 13.0. The predicted octanol–water partition coefficient (Wildman–Crippen LogP) is 4.74. The zero-order chi connectivity index (χ0) is 15.5. The van der Waals surface area contributed by atoms with Crippen LogP contribution in [0.15, 0.2) is 48.5 Å². The fraction of sp³-hybridized carbons (Fsp3) is 0.188. The summed E-state index contributed by atoms with van der Waals surface area (Å²) >= 11 is 0. The van der Waals surface area contributed by atoms with Crippen LogP contribution in [0.2, 0.25) is 0 Å². The van der Waals surface area contributed by atoms with E-state index in [0.29, 0.717) is 12.2 Å². The standard InChI is InChI=1S/C16H13F3N2/c1-2-21(13-6-4-3-5-7-13)14-9-8-12(11-20)15(10-14)16(17,18)19/h3-10H,2H2,1H3. The minimum atomic E-state index is -4.54. The van der Waals surface area contributed by atoms with Crippen LogP contribution in [0.4, 0.5) is 24.5 Å². The van der Waals surface area contributed by atoms with E-state index in [0.717, 1.165) is 11.8 Å². The maximum Gasteiger partial charge on any atom is 0.417 e. The van der Waals surface area contributed by atoms with Gasteiger partial charge in [0.1, 0.15) is 0 Å². The van der Waals surface area contributed by atoms with Crippen LogP contribution in [0.1, 0.15) is 18.1 Å². The summed E-state index contributed by atoms with van der Waals surface area (Å²) in [7, 11) is 0. The summed E-state index contributed by atoms with van der Waals surface area (Å²) in [5.74, 6) is 0. The average Bonchev–Trinajstić information content (AvgIpc) is 2.48. The van der Waals surface area contributed by atoms with Crippen molar-refractivity contribution in [1.29, 1.82) is 5.26 Å². The molecule has 0 amide bonds. The van der Waals surface area contributed by atoms with E-state index in [-0.39, 0.29) is 5.56 Å². The molecule has 2 rings (SSSR count). The highest BCUT2D eigenvalue weighted by Gasteiger charge is 2.34. The molecule has 0 aliphatic rings. The van der Waals surface area contributed by atoms with Gasteiger partial charge in [-0.2, -0.15) is 18.4 Å². The molecular formula is C16H13F3N2. The molecule has 0 saturated carbocycles. The van der Waals surface area contributed by atoms with Gasteiger partial charge in [0.2, 0.25) is 0 Å². The molecule has 0 N–H and O–H groups in total. The summed E-state index contributed by atoms with van der Waals surface area (Å²) in [6.07, 6.45) is -4.54. The second-order valence-corrected chi connectivity index (χ2v) is 4.42. The average molecular weight is 290 g/mol. The van der Waals surface area contributed by atoms with Crippen molar-refractivity contribution < 1.29 is 13.2 Å². The Bertz CT molecular complexity index is 657. The van der Waals surface area contributed by atoms with Crippen molar-refractivity contribution in [3.8, 4) is 6.07 Å².